The van der Waals surface area contributed by atoms with Crippen LogP contribution in [0.1, 0.15) is 5.56 Å². The summed E-state index contributed by atoms with van der Waals surface area (Å²) < 4.78 is 27.4. The zero-order valence-electron chi connectivity index (χ0n) is 12.3. The maximum atomic E-state index is 11.2. The molecular formula is C13H23N3O3S. The highest BCUT2D eigenvalue weighted by Crippen LogP contribution is 2.15. The number of pyridine rings is 1. The molecule has 0 saturated carbocycles. The standard InChI is InChI=1S/C13H23N3O3S/c1-16(8-10-20(3,17)18)13-12(5-4-6-15-13)11-14-7-9-19-2/h4-6,14H,7-11H2,1-3H3. The first-order valence-electron chi connectivity index (χ1n) is 6.46. The Morgan fingerprint density at radius 2 is 2.20 bits per heavy atom. The number of hydrogen-bond donors (Lipinski definition) is 1. The summed E-state index contributed by atoms with van der Waals surface area (Å²) in [6.45, 7) is 2.52. The zero-order chi connectivity index (χ0) is 15.0. The number of aromatic nitrogens is 1. The summed E-state index contributed by atoms with van der Waals surface area (Å²) in [4.78, 5) is 6.21. The van der Waals surface area contributed by atoms with Crippen molar-refractivity contribution in [2.45, 2.75) is 6.54 Å². The van der Waals surface area contributed by atoms with Crippen LogP contribution in [0.15, 0.2) is 18.3 Å². The molecule has 1 rings (SSSR count). The minimum atomic E-state index is -2.97. The van der Waals surface area contributed by atoms with Crippen molar-refractivity contribution in [1.82, 2.24) is 10.3 Å². The first-order valence-corrected chi connectivity index (χ1v) is 8.52. The van der Waals surface area contributed by atoms with E-state index >= 15 is 0 Å². The SMILES string of the molecule is COCCNCc1cccnc1N(C)CCS(C)(=O)=O. The summed E-state index contributed by atoms with van der Waals surface area (Å²) in [5.74, 6) is 0.928. The normalized spacial score (nSPS) is 11.6. The molecule has 1 N–H and O–H groups in total. The average molecular weight is 301 g/mol. The van der Waals surface area contributed by atoms with Crippen LogP contribution >= 0.6 is 0 Å². The molecule has 0 unspecified atom stereocenters. The lowest BCUT2D eigenvalue weighted by atomic mass is 10.2. The highest BCUT2D eigenvalue weighted by molar-refractivity contribution is 7.90. The topological polar surface area (TPSA) is 71.5 Å². The second kappa shape index (κ2) is 8.18. The molecule has 6 nitrogen and oxygen atoms in total. The van der Waals surface area contributed by atoms with E-state index in [4.69, 9.17) is 4.74 Å². The molecular weight excluding hydrogens is 278 g/mol. The van der Waals surface area contributed by atoms with Crippen LogP contribution in [0.4, 0.5) is 5.82 Å². The van der Waals surface area contributed by atoms with Crippen LogP contribution in [0.3, 0.4) is 0 Å². The second-order valence-electron chi connectivity index (χ2n) is 4.71. The van der Waals surface area contributed by atoms with Gasteiger partial charge in [0.1, 0.15) is 15.7 Å². The van der Waals surface area contributed by atoms with Gasteiger partial charge >= 0.3 is 0 Å². The maximum absolute atomic E-state index is 11.2. The molecule has 0 aliphatic carbocycles. The van der Waals surface area contributed by atoms with Crippen LogP contribution in [0, 0.1) is 0 Å². The van der Waals surface area contributed by atoms with Gasteiger partial charge in [0, 0.05) is 51.8 Å². The minimum Gasteiger partial charge on any atom is -0.383 e. The highest BCUT2D eigenvalue weighted by atomic mass is 32.2. The molecule has 0 aliphatic heterocycles. The molecule has 0 aliphatic rings. The van der Waals surface area contributed by atoms with Gasteiger partial charge < -0.3 is 15.0 Å². The quantitative estimate of drug-likeness (QED) is 0.661. The first kappa shape index (κ1) is 16.9. The number of anilines is 1. The second-order valence-corrected chi connectivity index (χ2v) is 6.97. The molecule has 114 valence electrons. The van der Waals surface area contributed by atoms with Gasteiger partial charge in [0.15, 0.2) is 0 Å². The predicted octanol–water partition coefficient (Wildman–Crippen LogP) is 0.298. The molecule has 0 bridgehead atoms. The summed E-state index contributed by atoms with van der Waals surface area (Å²) in [5, 5.41) is 3.26. The van der Waals surface area contributed by atoms with E-state index in [-0.39, 0.29) is 5.75 Å². The number of hydrogen-bond acceptors (Lipinski definition) is 6. The first-order chi connectivity index (χ1) is 9.44. The van der Waals surface area contributed by atoms with Gasteiger partial charge in [-0.05, 0) is 6.07 Å². The zero-order valence-corrected chi connectivity index (χ0v) is 13.1. The number of nitrogens with one attached hydrogen (secondary N) is 1. The highest BCUT2D eigenvalue weighted by Gasteiger charge is 2.11. The van der Waals surface area contributed by atoms with E-state index in [0.717, 1.165) is 17.9 Å². The Morgan fingerprint density at radius 1 is 1.45 bits per heavy atom. The molecule has 0 atom stereocenters. The molecule has 0 saturated heterocycles. The van der Waals surface area contributed by atoms with Crippen molar-refractivity contribution in [3.63, 3.8) is 0 Å². The van der Waals surface area contributed by atoms with E-state index < -0.39 is 9.84 Å². The van der Waals surface area contributed by atoms with Crippen molar-refractivity contribution in [3.8, 4) is 0 Å². The number of sulfone groups is 1. The molecule has 0 radical (unpaired) electrons. The lowest BCUT2D eigenvalue weighted by molar-refractivity contribution is 0.199. The molecule has 1 aromatic heterocycles. The van der Waals surface area contributed by atoms with E-state index in [1.165, 1.54) is 6.26 Å². The third-order valence-corrected chi connectivity index (χ3v) is 3.75. The molecule has 0 spiro atoms. The fraction of sp³-hybridized carbons (Fsp3) is 0.615. The number of rotatable bonds is 9. The van der Waals surface area contributed by atoms with Crippen LogP contribution in [0.25, 0.3) is 0 Å². The van der Waals surface area contributed by atoms with Crippen molar-refractivity contribution >= 4 is 15.7 Å². The Kier molecular flexibility index (Phi) is 6.90. The fourth-order valence-electron chi connectivity index (χ4n) is 1.72. The number of ether oxygens (including phenoxy) is 1. The monoisotopic (exact) mass is 301 g/mol. The van der Waals surface area contributed by atoms with Crippen molar-refractivity contribution in [2.75, 3.05) is 50.8 Å². The van der Waals surface area contributed by atoms with Gasteiger partial charge in [0.05, 0.1) is 12.4 Å². The third-order valence-electron chi connectivity index (χ3n) is 2.82. The minimum absolute atomic E-state index is 0.122. The van der Waals surface area contributed by atoms with Gasteiger partial charge in [-0.1, -0.05) is 6.07 Å². The summed E-state index contributed by atoms with van der Waals surface area (Å²) in [5.41, 5.74) is 1.04. The fourth-order valence-corrected chi connectivity index (χ4v) is 2.32. The molecule has 7 heteroatoms. The summed E-state index contributed by atoms with van der Waals surface area (Å²) in [6.07, 6.45) is 2.96. The number of nitrogens with zero attached hydrogens (tertiary/aromatic N) is 2. The van der Waals surface area contributed by atoms with E-state index in [0.29, 0.717) is 19.7 Å². The lowest BCUT2D eigenvalue weighted by Crippen LogP contribution is -2.28. The summed E-state index contributed by atoms with van der Waals surface area (Å²) >= 11 is 0. The predicted molar refractivity (Wildman–Crippen MR) is 80.8 cm³/mol. The van der Waals surface area contributed by atoms with Gasteiger partial charge in [-0.25, -0.2) is 13.4 Å². The van der Waals surface area contributed by atoms with Gasteiger partial charge in [-0.3, -0.25) is 0 Å². The Hall–Kier alpha value is -1.18. The maximum Gasteiger partial charge on any atom is 0.149 e. The average Bonchev–Trinajstić information content (AvgIpc) is 2.40. The van der Waals surface area contributed by atoms with Crippen LogP contribution in [-0.2, 0) is 21.1 Å². The molecule has 0 aromatic carbocycles. The Labute approximate surface area is 121 Å². The third kappa shape index (κ3) is 6.31. The smallest absolute Gasteiger partial charge is 0.149 e. The van der Waals surface area contributed by atoms with E-state index in [1.807, 2.05) is 24.1 Å². The van der Waals surface area contributed by atoms with Crippen molar-refractivity contribution in [1.29, 1.82) is 0 Å². The van der Waals surface area contributed by atoms with Crippen molar-refractivity contribution < 1.29 is 13.2 Å². The van der Waals surface area contributed by atoms with Crippen LogP contribution < -0.4 is 10.2 Å². The van der Waals surface area contributed by atoms with Gasteiger partial charge in [0.2, 0.25) is 0 Å². The van der Waals surface area contributed by atoms with E-state index in [2.05, 4.69) is 10.3 Å². The lowest BCUT2D eigenvalue weighted by Gasteiger charge is -2.20. The van der Waals surface area contributed by atoms with E-state index in [1.54, 1.807) is 13.3 Å². The van der Waals surface area contributed by atoms with Crippen LogP contribution in [0.2, 0.25) is 0 Å². The largest absolute Gasteiger partial charge is 0.383 e. The molecule has 1 aromatic rings. The summed E-state index contributed by atoms with van der Waals surface area (Å²) in [6, 6.07) is 3.86. The van der Waals surface area contributed by atoms with Gasteiger partial charge in [-0.2, -0.15) is 0 Å². The Morgan fingerprint density at radius 3 is 2.85 bits per heavy atom. The number of methoxy groups -OCH3 is 1. The van der Waals surface area contributed by atoms with E-state index in [9.17, 15) is 8.42 Å². The van der Waals surface area contributed by atoms with Crippen LogP contribution in [-0.4, -0.2) is 59.3 Å². The van der Waals surface area contributed by atoms with Gasteiger partial charge in [0.25, 0.3) is 0 Å². The Bertz CT molecular complexity index is 505. The molecule has 20 heavy (non-hydrogen) atoms. The van der Waals surface area contributed by atoms with Crippen molar-refractivity contribution in [2.24, 2.45) is 0 Å². The van der Waals surface area contributed by atoms with Crippen LogP contribution in [0.5, 0.6) is 0 Å². The van der Waals surface area contributed by atoms with Crippen molar-refractivity contribution in [3.05, 3.63) is 23.9 Å². The summed E-state index contributed by atoms with van der Waals surface area (Å²) in [7, 11) is 0.550. The Balaban J connectivity index is 2.64. The molecule has 0 amide bonds. The molecule has 0 fully saturated rings. The van der Waals surface area contributed by atoms with Gasteiger partial charge in [-0.15, -0.1) is 0 Å². The molecule has 1 heterocycles.